The molecule has 6 nitrogen and oxygen atoms in total. The lowest BCUT2D eigenvalue weighted by Gasteiger charge is -2.22. The summed E-state index contributed by atoms with van der Waals surface area (Å²) in [6, 6.07) is 11.8. The molecule has 6 heteroatoms. The van der Waals surface area contributed by atoms with E-state index in [0.29, 0.717) is 12.2 Å². The molecule has 1 unspecified atom stereocenters. The van der Waals surface area contributed by atoms with Gasteiger partial charge in [0.25, 0.3) is 5.91 Å². The number of furan rings is 1. The van der Waals surface area contributed by atoms with Gasteiger partial charge in [0.1, 0.15) is 5.76 Å². The topological polar surface area (TPSA) is 64.2 Å². The Labute approximate surface area is 146 Å². The fraction of sp³-hybridized carbons (Fsp3) is 0.316. The van der Waals surface area contributed by atoms with E-state index in [2.05, 4.69) is 10.3 Å². The van der Waals surface area contributed by atoms with Crippen LogP contribution in [0.15, 0.2) is 47.1 Å². The summed E-state index contributed by atoms with van der Waals surface area (Å²) < 4.78 is 7.23. The zero-order chi connectivity index (χ0) is 17.4. The molecular formula is C19H20N4O2. The van der Waals surface area contributed by atoms with Gasteiger partial charge in [-0.25, -0.2) is 4.68 Å². The van der Waals surface area contributed by atoms with Crippen LogP contribution >= 0.6 is 0 Å². The summed E-state index contributed by atoms with van der Waals surface area (Å²) in [6.07, 6.45) is 3.52. The van der Waals surface area contributed by atoms with E-state index in [1.54, 1.807) is 10.9 Å². The zero-order valence-corrected chi connectivity index (χ0v) is 14.3. The molecule has 4 rings (SSSR count). The van der Waals surface area contributed by atoms with Crippen LogP contribution in [-0.4, -0.2) is 32.3 Å². The molecule has 128 valence electrons. The second kappa shape index (κ2) is 6.20. The number of carbonyl (C=O) groups is 1. The second-order valence-electron chi connectivity index (χ2n) is 6.44. The summed E-state index contributed by atoms with van der Waals surface area (Å²) in [7, 11) is 0. The number of nitrogens with zero attached hydrogens (tertiary/aromatic N) is 4. The average Bonchev–Trinajstić information content (AvgIpc) is 3.35. The first-order valence-corrected chi connectivity index (χ1v) is 8.49. The highest BCUT2D eigenvalue weighted by atomic mass is 16.3. The standard InChI is InChI=1S/C19H20N4O2/c1-13-7-9-15(10-8-13)23-14(2)18(20-21-23)19(24)22-11-3-5-16(22)17-6-4-12-25-17/h4,6-10,12,16H,3,5,11H2,1-2H3. The summed E-state index contributed by atoms with van der Waals surface area (Å²) in [5, 5.41) is 8.36. The maximum atomic E-state index is 13.0. The molecule has 0 saturated carbocycles. The largest absolute Gasteiger partial charge is 0.467 e. The van der Waals surface area contributed by atoms with Gasteiger partial charge in [-0.1, -0.05) is 22.9 Å². The third-order valence-electron chi connectivity index (χ3n) is 4.76. The van der Waals surface area contributed by atoms with E-state index >= 15 is 0 Å². The number of hydrogen-bond acceptors (Lipinski definition) is 4. The molecule has 0 N–H and O–H groups in total. The van der Waals surface area contributed by atoms with E-state index in [0.717, 1.165) is 30.0 Å². The first-order valence-electron chi connectivity index (χ1n) is 8.49. The number of likely N-dealkylation sites (tertiary alicyclic amines) is 1. The fourth-order valence-corrected chi connectivity index (χ4v) is 3.38. The van der Waals surface area contributed by atoms with Crippen molar-refractivity contribution in [3.63, 3.8) is 0 Å². The van der Waals surface area contributed by atoms with Gasteiger partial charge in [-0.3, -0.25) is 4.79 Å². The van der Waals surface area contributed by atoms with E-state index in [4.69, 9.17) is 4.42 Å². The van der Waals surface area contributed by atoms with Crippen LogP contribution in [-0.2, 0) is 0 Å². The van der Waals surface area contributed by atoms with Crippen molar-refractivity contribution in [2.45, 2.75) is 32.7 Å². The predicted octanol–water partition coefficient (Wildman–Crippen LogP) is 3.45. The highest BCUT2D eigenvalue weighted by Crippen LogP contribution is 2.33. The third kappa shape index (κ3) is 2.73. The Morgan fingerprint density at radius 1 is 1.20 bits per heavy atom. The molecule has 0 aliphatic carbocycles. The van der Waals surface area contributed by atoms with Gasteiger partial charge in [-0.15, -0.1) is 5.10 Å². The van der Waals surface area contributed by atoms with Gasteiger partial charge in [0.15, 0.2) is 5.69 Å². The first kappa shape index (κ1) is 15.6. The zero-order valence-electron chi connectivity index (χ0n) is 14.3. The van der Waals surface area contributed by atoms with E-state index in [1.807, 2.05) is 55.1 Å². The quantitative estimate of drug-likeness (QED) is 0.735. The Balaban J connectivity index is 1.64. The van der Waals surface area contributed by atoms with E-state index in [1.165, 1.54) is 5.56 Å². The van der Waals surface area contributed by atoms with Crippen LogP contribution in [0.25, 0.3) is 5.69 Å². The van der Waals surface area contributed by atoms with Gasteiger partial charge in [-0.2, -0.15) is 0 Å². The van der Waals surface area contributed by atoms with Crippen molar-refractivity contribution >= 4 is 5.91 Å². The second-order valence-corrected chi connectivity index (χ2v) is 6.44. The number of aromatic nitrogens is 3. The Hall–Kier alpha value is -2.89. The molecule has 1 amide bonds. The highest BCUT2D eigenvalue weighted by molar-refractivity contribution is 5.93. The molecular weight excluding hydrogens is 316 g/mol. The smallest absolute Gasteiger partial charge is 0.276 e. The summed E-state index contributed by atoms with van der Waals surface area (Å²) >= 11 is 0. The maximum absolute atomic E-state index is 13.0. The minimum Gasteiger partial charge on any atom is -0.467 e. The van der Waals surface area contributed by atoms with Crippen molar-refractivity contribution in [2.75, 3.05) is 6.54 Å². The fourth-order valence-electron chi connectivity index (χ4n) is 3.38. The van der Waals surface area contributed by atoms with Crippen LogP contribution in [0.3, 0.4) is 0 Å². The number of benzene rings is 1. The van der Waals surface area contributed by atoms with Crippen LogP contribution in [0, 0.1) is 13.8 Å². The molecule has 1 atom stereocenters. The van der Waals surface area contributed by atoms with E-state index in [9.17, 15) is 4.79 Å². The van der Waals surface area contributed by atoms with Crippen LogP contribution < -0.4 is 0 Å². The molecule has 2 aromatic heterocycles. The normalized spacial score (nSPS) is 17.2. The van der Waals surface area contributed by atoms with Crippen LogP contribution in [0.4, 0.5) is 0 Å². The molecule has 1 saturated heterocycles. The number of hydrogen-bond donors (Lipinski definition) is 0. The van der Waals surface area contributed by atoms with Gasteiger partial charge in [0, 0.05) is 6.54 Å². The molecule has 1 fully saturated rings. The number of carbonyl (C=O) groups excluding carboxylic acids is 1. The van der Waals surface area contributed by atoms with Gasteiger partial charge in [0.2, 0.25) is 0 Å². The summed E-state index contributed by atoms with van der Waals surface area (Å²) in [5.74, 6) is 0.740. The Bertz CT molecular complexity index is 881. The molecule has 0 bridgehead atoms. The molecule has 1 aliphatic heterocycles. The number of aryl methyl sites for hydroxylation is 1. The molecule has 1 aliphatic rings. The molecule has 0 radical (unpaired) electrons. The number of rotatable bonds is 3. The van der Waals surface area contributed by atoms with E-state index in [-0.39, 0.29) is 11.9 Å². The molecule has 0 spiro atoms. The van der Waals surface area contributed by atoms with Gasteiger partial charge in [0.05, 0.1) is 23.7 Å². The minimum absolute atomic E-state index is 0.0218. The minimum atomic E-state index is -0.0882. The number of amides is 1. The van der Waals surface area contributed by atoms with Gasteiger partial charge < -0.3 is 9.32 Å². The van der Waals surface area contributed by atoms with Crippen molar-refractivity contribution < 1.29 is 9.21 Å². The SMILES string of the molecule is Cc1ccc(-n2nnc(C(=O)N3CCCC3c3ccco3)c2C)cc1. The maximum Gasteiger partial charge on any atom is 0.276 e. The first-order chi connectivity index (χ1) is 12.1. The molecule has 3 heterocycles. The average molecular weight is 336 g/mol. The Morgan fingerprint density at radius 2 is 2.00 bits per heavy atom. The highest BCUT2D eigenvalue weighted by Gasteiger charge is 2.34. The molecule has 3 aromatic rings. The van der Waals surface area contributed by atoms with Crippen LogP contribution in [0.1, 0.15) is 46.4 Å². The Kier molecular flexibility index (Phi) is 3.87. The van der Waals surface area contributed by atoms with Crippen LogP contribution in [0.5, 0.6) is 0 Å². The van der Waals surface area contributed by atoms with Gasteiger partial charge >= 0.3 is 0 Å². The van der Waals surface area contributed by atoms with Crippen molar-refractivity contribution in [3.05, 3.63) is 65.4 Å². The van der Waals surface area contributed by atoms with Crippen molar-refractivity contribution in [3.8, 4) is 5.69 Å². The summed E-state index contributed by atoms with van der Waals surface area (Å²) in [6.45, 7) is 4.63. The summed E-state index contributed by atoms with van der Waals surface area (Å²) in [5.41, 5.74) is 3.23. The van der Waals surface area contributed by atoms with E-state index < -0.39 is 0 Å². The third-order valence-corrected chi connectivity index (χ3v) is 4.76. The lowest BCUT2D eigenvalue weighted by atomic mass is 10.1. The Morgan fingerprint density at radius 3 is 2.72 bits per heavy atom. The van der Waals surface area contributed by atoms with Crippen molar-refractivity contribution in [2.24, 2.45) is 0 Å². The molecule has 25 heavy (non-hydrogen) atoms. The lowest BCUT2D eigenvalue weighted by Crippen LogP contribution is -2.31. The van der Waals surface area contributed by atoms with Crippen LogP contribution in [0.2, 0.25) is 0 Å². The van der Waals surface area contributed by atoms with Gasteiger partial charge in [-0.05, 0) is 51.0 Å². The van der Waals surface area contributed by atoms with Crippen molar-refractivity contribution in [1.82, 2.24) is 19.9 Å². The lowest BCUT2D eigenvalue weighted by molar-refractivity contribution is 0.0713. The molecule has 1 aromatic carbocycles. The summed E-state index contributed by atoms with van der Waals surface area (Å²) in [4.78, 5) is 14.9. The monoisotopic (exact) mass is 336 g/mol. The van der Waals surface area contributed by atoms with Crippen molar-refractivity contribution in [1.29, 1.82) is 0 Å². The predicted molar refractivity (Wildman–Crippen MR) is 92.6 cm³/mol.